The maximum atomic E-state index is 11.3. The Morgan fingerprint density at radius 1 is 1.35 bits per heavy atom. The molecule has 1 fully saturated rings. The van der Waals surface area contributed by atoms with Gasteiger partial charge in [0, 0.05) is 12.5 Å². The zero-order chi connectivity index (χ0) is 15.1. The average molecular weight is 279 g/mol. The van der Waals surface area contributed by atoms with Crippen LogP contribution >= 0.6 is 0 Å². The lowest BCUT2D eigenvalue weighted by Crippen LogP contribution is -2.44. The van der Waals surface area contributed by atoms with Crippen LogP contribution in [0.5, 0.6) is 0 Å². The van der Waals surface area contributed by atoms with E-state index in [2.05, 4.69) is 56.7 Å². The molecule has 2 atom stereocenters. The molecule has 2 unspecified atom stereocenters. The van der Waals surface area contributed by atoms with E-state index in [9.17, 15) is 4.79 Å². The van der Waals surface area contributed by atoms with Gasteiger partial charge >= 0.3 is 0 Å². The zero-order valence-electron chi connectivity index (χ0n) is 13.8. The van der Waals surface area contributed by atoms with Crippen LogP contribution in [-0.2, 0) is 4.79 Å². The van der Waals surface area contributed by atoms with Crippen molar-refractivity contribution in [2.24, 2.45) is 11.8 Å². The van der Waals surface area contributed by atoms with Gasteiger partial charge in [-0.15, -0.1) is 0 Å². The summed E-state index contributed by atoms with van der Waals surface area (Å²) in [6, 6.07) is 0.817. The second kappa shape index (κ2) is 8.26. The van der Waals surface area contributed by atoms with Crippen molar-refractivity contribution in [1.82, 2.24) is 5.32 Å². The van der Waals surface area contributed by atoms with Crippen molar-refractivity contribution >= 4 is 12.2 Å². The molecule has 1 aliphatic carbocycles. The molecule has 1 N–H and O–H groups in total. The third-order valence-electron chi connectivity index (χ3n) is 4.43. The molecule has 3 nitrogen and oxygen atoms in total. The Hall–Kier alpha value is -1.08. The molecule has 0 aromatic heterocycles. The van der Waals surface area contributed by atoms with Crippen molar-refractivity contribution in [2.45, 2.75) is 72.4 Å². The number of rotatable bonds is 6. The second-order valence-corrected chi connectivity index (χ2v) is 6.49. The summed E-state index contributed by atoms with van der Waals surface area (Å²) in [4.78, 5) is 11.3. The largest absolute Gasteiger partial charge is 0.371 e. The summed E-state index contributed by atoms with van der Waals surface area (Å²) < 4.78 is 2.21. The molecular weight excluding hydrogens is 248 g/mol. The third-order valence-corrected chi connectivity index (χ3v) is 4.43. The first-order chi connectivity index (χ1) is 9.49. The fourth-order valence-corrected chi connectivity index (χ4v) is 3.15. The monoisotopic (exact) mass is 279 g/mol. The molecule has 114 valence electrons. The van der Waals surface area contributed by atoms with Crippen molar-refractivity contribution in [3.05, 3.63) is 5.70 Å². The molecule has 0 aromatic rings. The van der Waals surface area contributed by atoms with E-state index in [1.165, 1.54) is 19.3 Å². The molecule has 0 aromatic carbocycles. The number of carbonyl (C=O) groups excluding carboxylic acids is 1. The maximum Gasteiger partial charge on any atom is 0.193 e. The van der Waals surface area contributed by atoms with Crippen LogP contribution in [0.3, 0.4) is 0 Å². The molecule has 0 radical (unpaired) electrons. The van der Waals surface area contributed by atoms with Gasteiger partial charge in [-0.05, 0) is 38.5 Å². The smallest absolute Gasteiger partial charge is 0.193 e. The molecule has 0 spiro atoms. The van der Waals surface area contributed by atoms with Crippen LogP contribution in [0.15, 0.2) is 5.70 Å². The Morgan fingerprint density at radius 2 is 1.95 bits per heavy atom. The lowest BCUT2D eigenvalue weighted by Gasteiger charge is -2.35. The normalized spacial score (nSPS) is 27.3. The van der Waals surface area contributed by atoms with Gasteiger partial charge < -0.3 is 5.32 Å². The molecule has 1 aliphatic rings. The summed E-state index contributed by atoms with van der Waals surface area (Å²) in [5.74, 6) is 3.39. The molecule has 0 aliphatic heterocycles. The molecule has 0 heterocycles. The van der Waals surface area contributed by atoms with Gasteiger partial charge in [-0.3, -0.25) is 0 Å². The molecule has 1 rings (SSSR count). The van der Waals surface area contributed by atoms with Gasteiger partial charge in [0.15, 0.2) is 18.2 Å². The summed E-state index contributed by atoms with van der Waals surface area (Å²) in [5, 5.41) is 3.48. The third kappa shape index (κ3) is 4.79. The van der Waals surface area contributed by atoms with Gasteiger partial charge in [0.25, 0.3) is 0 Å². The zero-order valence-corrected chi connectivity index (χ0v) is 13.8. The van der Waals surface area contributed by atoms with E-state index < -0.39 is 0 Å². The number of nitrogens with one attached hydrogen (secondary N) is 1. The Kier molecular flexibility index (Phi) is 7.01. The van der Waals surface area contributed by atoms with E-state index in [4.69, 9.17) is 0 Å². The van der Waals surface area contributed by atoms with E-state index in [0.717, 1.165) is 6.42 Å². The summed E-state index contributed by atoms with van der Waals surface area (Å²) in [7, 11) is 0. The van der Waals surface area contributed by atoms with E-state index in [-0.39, 0.29) is 0 Å². The van der Waals surface area contributed by atoms with Crippen molar-refractivity contribution in [2.75, 3.05) is 6.54 Å². The highest BCUT2D eigenvalue weighted by Crippen LogP contribution is 2.29. The van der Waals surface area contributed by atoms with Gasteiger partial charge in [-0.25, -0.2) is 9.37 Å². The molecular formula is C17H31N2O+. The van der Waals surface area contributed by atoms with Gasteiger partial charge in [0.1, 0.15) is 12.3 Å². The molecule has 0 amide bonds. The molecule has 3 heteroatoms. The Morgan fingerprint density at radius 3 is 2.40 bits per heavy atom. The SMILES string of the molecule is CCC=[N+](CC(=C=O)NC1C(C)CCCC1C)C(C)C. The van der Waals surface area contributed by atoms with Gasteiger partial charge in [0.2, 0.25) is 0 Å². The lowest BCUT2D eigenvalue weighted by molar-refractivity contribution is -0.548. The number of hydrogen-bond donors (Lipinski definition) is 1. The van der Waals surface area contributed by atoms with E-state index in [1.54, 1.807) is 0 Å². The Bertz CT molecular complexity index is 370. The van der Waals surface area contributed by atoms with E-state index >= 15 is 0 Å². The number of nitrogens with zero attached hydrogens (tertiary/aromatic N) is 1. The summed E-state index contributed by atoms with van der Waals surface area (Å²) >= 11 is 0. The first-order valence-electron chi connectivity index (χ1n) is 8.09. The van der Waals surface area contributed by atoms with Crippen LogP contribution in [0, 0.1) is 11.8 Å². The molecule has 1 saturated carbocycles. The molecule has 20 heavy (non-hydrogen) atoms. The van der Waals surface area contributed by atoms with Crippen LogP contribution in [0.2, 0.25) is 0 Å². The Balaban J connectivity index is 2.72. The lowest BCUT2D eigenvalue weighted by atomic mass is 9.78. The van der Waals surface area contributed by atoms with E-state index in [0.29, 0.717) is 36.2 Å². The van der Waals surface area contributed by atoms with Crippen molar-refractivity contribution in [3.8, 4) is 0 Å². The van der Waals surface area contributed by atoms with Crippen LogP contribution in [0.25, 0.3) is 0 Å². The van der Waals surface area contributed by atoms with Crippen LogP contribution in [0.1, 0.15) is 60.3 Å². The average Bonchev–Trinajstić information content (AvgIpc) is 2.40. The standard InChI is InChI=1S/C17H31N2O/c1-6-10-19(13(2)3)11-16(12-20)18-17-14(4)8-7-9-15(17)5/h10,13-15,17-18H,6-9,11H2,1-5H3/q+1. The quantitative estimate of drug-likeness (QED) is 0.460. The minimum atomic E-state index is 0.404. The highest BCUT2D eigenvalue weighted by molar-refractivity contribution is 5.53. The van der Waals surface area contributed by atoms with Crippen LogP contribution in [0.4, 0.5) is 0 Å². The predicted molar refractivity (Wildman–Crippen MR) is 84.9 cm³/mol. The summed E-state index contributed by atoms with van der Waals surface area (Å²) in [6.45, 7) is 11.6. The van der Waals surface area contributed by atoms with Crippen LogP contribution < -0.4 is 5.32 Å². The van der Waals surface area contributed by atoms with Crippen molar-refractivity contribution in [1.29, 1.82) is 0 Å². The predicted octanol–water partition coefficient (Wildman–Crippen LogP) is 3.02. The molecule has 0 bridgehead atoms. The highest BCUT2D eigenvalue weighted by atomic mass is 16.1. The number of hydrogen-bond acceptors (Lipinski definition) is 2. The van der Waals surface area contributed by atoms with Crippen molar-refractivity contribution in [3.63, 3.8) is 0 Å². The minimum Gasteiger partial charge on any atom is -0.371 e. The maximum absolute atomic E-state index is 11.3. The fraction of sp³-hybridized carbons (Fsp3) is 0.824. The summed E-state index contributed by atoms with van der Waals surface area (Å²) in [6.07, 6.45) is 6.96. The Labute approximate surface area is 124 Å². The van der Waals surface area contributed by atoms with Gasteiger partial charge in [0.05, 0.1) is 0 Å². The topological polar surface area (TPSA) is 32.1 Å². The van der Waals surface area contributed by atoms with E-state index in [1.807, 2.05) is 0 Å². The van der Waals surface area contributed by atoms with Crippen LogP contribution in [-0.4, -0.2) is 35.4 Å². The first-order valence-corrected chi connectivity index (χ1v) is 8.09. The summed E-state index contributed by atoms with van der Waals surface area (Å²) in [5.41, 5.74) is 0.703. The fourth-order valence-electron chi connectivity index (χ4n) is 3.15. The first kappa shape index (κ1) is 17.0. The minimum absolute atomic E-state index is 0.404. The van der Waals surface area contributed by atoms with Gasteiger partial charge in [-0.1, -0.05) is 27.2 Å². The second-order valence-electron chi connectivity index (χ2n) is 6.49. The van der Waals surface area contributed by atoms with Gasteiger partial charge in [-0.2, -0.15) is 0 Å². The highest BCUT2D eigenvalue weighted by Gasteiger charge is 2.29. The molecule has 0 saturated heterocycles. The van der Waals surface area contributed by atoms with Crippen molar-refractivity contribution < 1.29 is 9.37 Å².